The van der Waals surface area contributed by atoms with Gasteiger partial charge in [-0.15, -0.1) is 0 Å². The van der Waals surface area contributed by atoms with Gasteiger partial charge < -0.3 is 19.5 Å². The monoisotopic (exact) mass is 485 g/mol. The van der Waals surface area contributed by atoms with Crippen LogP contribution in [0.15, 0.2) is 94.2 Å². The molecule has 0 aliphatic heterocycles. The average Bonchev–Trinajstić information content (AvgIpc) is 3.60. The van der Waals surface area contributed by atoms with Crippen LogP contribution in [0.2, 0.25) is 0 Å². The Hall–Kier alpha value is -4.59. The average molecular weight is 486 g/mol. The minimum absolute atomic E-state index is 0.0937. The van der Waals surface area contributed by atoms with E-state index in [9.17, 15) is 14.4 Å². The molecule has 1 unspecified atom stereocenters. The van der Waals surface area contributed by atoms with Crippen molar-refractivity contribution in [1.29, 1.82) is 0 Å². The summed E-state index contributed by atoms with van der Waals surface area (Å²) in [5.41, 5.74) is 3.10. The molecule has 1 atom stereocenters. The van der Waals surface area contributed by atoms with E-state index in [4.69, 9.17) is 8.83 Å². The molecule has 2 aromatic carbocycles. The summed E-state index contributed by atoms with van der Waals surface area (Å²) in [6.07, 6.45) is 2.91. The second-order valence-electron chi connectivity index (χ2n) is 8.37. The molecule has 8 heteroatoms. The summed E-state index contributed by atoms with van der Waals surface area (Å²) in [6.45, 7) is 3.69. The van der Waals surface area contributed by atoms with Crippen LogP contribution < -0.4 is 15.5 Å². The molecule has 2 heterocycles. The molecule has 0 aliphatic rings. The van der Waals surface area contributed by atoms with Gasteiger partial charge in [0.2, 0.25) is 11.8 Å². The number of benzene rings is 2. The van der Waals surface area contributed by atoms with Gasteiger partial charge in [0.1, 0.15) is 11.8 Å². The van der Waals surface area contributed by atoms with Gasteiger partial charge in [0, 0.05) is 5.69 Å². The Morgan fingerprint density at radius 1 is 0.833 bits per heavy atom. The van der Waals surface area contributed by atoms with Crippen molar-refractivity contribution < 1.29 is 23.2 Å². The lowest BCUT2D eigenvalue weighted by Gasteiger charge is -2.32. The number of furan rings is 2. The molecule has 8 nitrogen and oxygen atoms in total. The van der Waals surface area contributed by atoms with Crippen molar-refractivity contribution in [2.45, 2.75) is 26.4 Å². The summed E-state index contributed by atoms with van der Waals surface area (Å²) < 4.78 is 10.5. The maximum Gasteiger partial charge on any atom is 0.287 e. The predicted octanol–water partition coefficient (Wildman–Crippen LogP) is 4.31. The molecule has 184 valence electrons. The van der Waals surface area contributed by atoms with E-state index in [1.807, 2.05) is 56.3 Å². The summed E-state index contributed by atoms with van der Waals surface area (Å²) >= 11 is 0. The third kappa shape index (κ3) is 5.90. The Balaban J connectivity index is 1.67. The van der Waals surface area contributed by atoms with Crippen LogP contribution in [0.25, 0.3) is 0 Å². The Bertz CT molecular complexity index is 1310. The van der Waals surface area contributed by atoms with Crippen molar-refractivity contribution in [2.75, 3.05) is 11.4 Å². The van der Waals surface area contributed by atoms with E-state index in [0.29, 0.717) is 17.0 Å². The highest BCUT2D eigenvalue weighted by Gasteiger charge is 2.33. The Kier molecular flexibility index (Phi) is 7.65. The van der Waals surface area contributed by atoms with E-state index in [0.717, 1.165) is 11.1 Å². The number of anilines is 1. The number of amides is 3. The summed E-state index contributed by atoms with van der Waals surface area (Å²) in [4.78, 5) is 41.1. The maximum absolute atomic E-state index is 13.6. The first-order valence-corrected chi connectivity index (χ1v) is 11.5. The minimum Gasteiger partial charge on any atom is -0.467 e. The zero-order chi connectivity index (χ0) is 25.5. The number of carbonyl (C=O) groups is 3. The molecule has 4 aromatic rings. The van der Waals surface area contributed by atoms with Gasteiger partial charge in [-0.2, -0.15) is 0 Å². The van der Waals surface area contributed by atoms with Gasteiger partial charge >= 0.3 is 0 Å². The third-order valence-electron chi connectivity index (χ3n) is 5.61. The molecule has 3 amide bonds. The smallest absolute Gasteiger partial charge is 0.287 e. The molecule has 4 rings (SSSR count). The Morgan fingerprint density at radius 2 is 1.58 bits per heavy atom. The van der Waals surface area contributed by atoms with Gasteiger partial charge in [-0.3, -0.25) is 19.3 Å². The van der Waals surface area contributed by atoms with Crippen molar-refractivity contribution in [3.8, 4) is 0 Å². The second-order valence-corrected chi connectivity index (χ2v) is 8.37. The fourth-order valence-electron chi connectivity index (χ4n) is 3.80. The van der Waals surface area contributed by atoms with Gasteiger partial charge in [-0.1, -0.05) is 42.0 Å². The van der Waals surface area contributed by atoms with Crippen molar-refractivity contribution in [3.05, 3.63) is 114 Å². The highest BCUT2D eigenvalue weighted by Crippen LogP contribution is 2.29. The quantitative estimate of drug-likeness (QED) is 0.368. The largest absolute Gasteiger partial charge is 0.467 e. The van der Waals surface area contributed by atoms with Crippen LogP contribution in [-0.2, 0) is 16.1 Å². The number of carbonyl (C=O) groups excluding carboxylic acids is 3. The van der Waals surface area contributed by atoms with Gasteiger partial charge in [-0.25, -0.2) is 0 Å². The summed E-state index contributed by atoms with van der Waals surface area (Å²) in [5, 5.41) is 5.46. The normalized spacial score (nSPS) is 11.5. The van der Waals surface area contributed by atoms with Gasteiger partial charge in [-0.05, 0) is 61.4 Å². The molecule has 0 spiro atoms. The number of nitrogens with zero attached hydrogens (tertiary/aromatic N) is 1. The van der Waals surface area contributed by atoms with Crippen LogP contribution in [0, 0.1) is 13.8 Å². The molecule has 0 aliphatic carbocycles. The van der Waals surface area contributed by atoms with Crippen LogP contribution in [-0.4, -0.2) is 24.3 Å². The maximum atomic E-state index is 13.6. The number of hydrogen-bond acceptors (Lipinski definition) is 5. The van der Waals surface area contributed by atoms with Crippen LogP contribution in [0.5, 0.6) is 0 Å². The molecule has 36 heavy (non-hydrogen) atoms. The predicted molar refractivity (Wildman–Crippen MR) is 134 cm³/mol. The summed E-state index contributed by atoms with van der Waals surface area (Å²) in [6, 6.07) is 20.3. The SMILES string of the molecule is Cc1ccc(C(C(=O)NCc2ccco2)N(C(=O)CNC(=O)c2ccco2)c2cccc(C)c2)cc1. The molecule has 0 bridgehead atoms. The van der Waals surface area contributed by atoms with Crippen LogP contribution in [0.4, 0.5) is 5.69 Å². The molecule has 0 fully saturated rings. The first-order chi connectivity index (χ1) is 17.4. The zero-order valence-electron chi connectivity index (χ0n) is 20.1. The van der Waals surface area contributed by atoms with Crippen molar-refractivity contribution in [1.82, 2.24) is 10.6 Å². The van der Waals surface area contributed by atoms with E-state index in [-0.39, 0.29) is 24.8 Å². The molecule has 0 saturated heterocycles. The highest BCUT2D eigenvalue weighted by molar-refractivity contribution is 6.04. The molecular formula is C28H27N3O5. The molecule has 2 aromatic heterocycles. The molecular weight excluding hydrogens is 458 g/mol. The van der Waals surface area contributed by atoms with Gasteiger partial charge in [0.25, 0.3) is 5.91 Å². The first kappa shape index (κ1) is 24.5. The van der Waals surface area contributed by atoms with Gasteiger partial charge in [0.15, 0.2) is 5.76 Å². The lowest BCUT2D eigenvalue weighted by molar-refractivity contribution is -0.126. The molecule has 0 saturated carbocycles. The van der Waals surface area contributed by atoms with Crippen LogP contribution in [0.1, 0.15) is 39.0 Å². The zero-order valence-corrected chi connectivity index (χ0v) is 20.1. The number of aryl methyl sites for hydroxylation is 2. The highest BCUT2D eigenvalue weighted by atomic mass is 16.3. The fourth-order valence-corrected chi connectivity index (χ4v) is 3.80. The number of rotatable bonds is 9. The van der Waals surface area contributed by atoms with Crippen molar-refractivity contribution >= 4 is 23.4 Å². The molecule has 0 radical (unpaired) electrons. The number of hydrogen-bond donors (Lipinski definition) is 2. The van der Waals surface area contributed by atoms with Crippen molar-refractivity contribution in [3.63, 3.8) is 0 Å². The summed E-state index contributed by atoms with van der Waals surface area (Å²) in [5.74, 6) is -0.685. The standard InChI is InChI=1S/C28H27N3O5/c1-19-10-12-21(13-11-19)26(28(34)29-17-23-8-4-14-35-23)31(22-7-3-6-20(2)16-22)25(32)18-30-27(33)24-9-5-15-36-24/h3-16,26H,17-18H2,1-2H3,(H,29,34)(H,30,33). The summed E-state index contributed by atoms with van der Waals surface area (Å²) in [7, 11) is 0. The Morgan fingerprint density at radius 3 is 2.25 bits per heavy atom. The first-order valence-electron chi connectivity index (χ1n) is 11.5. The van der Waals surface area contributed by atoms with E-state index in [2.05, 4.69) is 10.6 Å². The van der Waals surface area contributed by atoms with Crippen molar-refractivity contribution in [2.24, 2.45) is 0 Å². The van der Waals surface area contributed by atoms with E-state index >= 15 is 0 Å². The fraction of sp³-hybridized carbons (Fsp3) is 0.179. The molecule has 2 N–H and O–H groups in total. The van der Waals surface area contributed by atoms with Crippen LogP contribution >= 0.6 is 0 Å². The van der Waals surface area contributed by atoms with E-state index < -0.39 is 17.9 Å². The minimum atomic E-state index is -0.990. The lowest BCUT2D eigenvalue weighted by Crippen LogP contribution is -2.47. The van der Waals surface area contributed by atoms with E-state index in [1.165, 1.54) is 23.5 Å². The lowest BCUT2D eigenvalue weighted by atomic mass is 10.0. The van der Waals surface area contributed by atoms with Crippen LogP contribution in [0.3, 0.4) is 0 Å². The number of nitrogens with one attached hydrogen (secondary N) is 2. The Labute approximate surface area is 208 Å². The topological polar surface area (TPSA) is 105 Å². The second kappa shape index (κ2) is 11.2. The van der Waals surface area contributed by atoms with E-state index in [1.54, 1.807) is 24.3 Å². The third-order valence-corrected chi connectivity index (χ3v) is 5.61. The van der Waals surface area contributed by atoms with Gasteiger partial charge in [0.05, 0.1) is 25.6 Å².